The highest BCUT2D eigenvalue weighted by Gasteiger charge is 2.15. The van der Waals surface area contributed by atoms with Gasteiger partial charge in [-0.15, -0.1) is 0 Å². The molecule has 0 aliphatic carbocycles. The minimum Gasteiger partial charge on any atom is -0.379 e. The highest BCUT2D eigenvalue weighted by Crippen LogP contribution is 2.16. The van der Waals surface area contributed by atoms with E-state index in [2.05, 4.69) is 31.1 Å². The van der Waals surface area contributed by atoms with Crippen molar-refractivity contribution < 1.29 is 4.79 Å². The Morgan fingerprint density at radius 3 is 2.29 bits per heavy atom. The first-order chi connectivity index (χ1) is 9.87. The van der Waals surface area contributed by atoms with Crippen molar-refractivity contribution in [3.63, 3.8) is 0 Å². The summed E-state index contributed by atoms with van der Waals surface area (Å²) >= 11 is 0. The third-order valence-electron chi connectivity index (χ3n) is 2.95. The molecule has 2 aromatic rings. The molecule has 1 N–H and O–H groups in total. The average Bonchev–Trinajstić information content (AvgIpc) is 2.46. The molecule has 1 heterocycles. The van der Waals surface area contributed by atoms with Crippen LogP contribution in [0.4, 0.5) is 11.4 Å². The van der Waals surface area contributed by atoms with Crippen LogP contribution in [0.3, 0.4) is 0 Å². The van der Waals surface area contributed by atoms with Gasteiger partial charge >= 0.3 is 0 Å². The molecule has 110 valence electrons. The van der Waals surface area contributed by atoms with Crippen LogP contribution >= 0.6 is 0 Å². The van der Waals surface area contributed by atoms with E-state index in [1.54, 1.807) is 24.2 Å². The number of aromatic nitrogens is 1. The zero-order valence-corrected chi connectivity index (χ0v) is 12.9. The van der Waals surface area contributed by atoms with Gasteiger partial charge in [0, 0.05) is 18.3 Å². The molecular weight excluding hydrogens is 262 g/mol. The standard InChI is InChI=1S/C17H21N3O/c1-17(2,3)19-13-10-11-15(18-12-13)16(21)20(4)14-8-6-5-7-9-14/h5-12,19H,1-4H3. The Bertz CT molecular complexity index is 600. The third-order valence-corrected chi connectivity index (χ3v) is 2.95. The number of rotatable bonds is 3. The van der Waals surface area contributed by atoms with Gasteiger partial charge in [-0.3, -0.25) is 4.79 Å². The fraction of sp³-hybridized carbons (Fsp3) is 0.294. The van der Waals surface area contributed by atoms with Crippen LogP contribution in [0.2, 0.25) is 0 Å². The topological polar surface area (TPSA) is 45.2 Å². The summed E-state index contributed by atoms with van der Waals surface area (Å²) in [5.74, 6) is -0.122. The Morgan fingerprint density at radius 2 is 1.76 bits per heavy atom. The van der Waals surface area contributed by atoms with Crippen molar-refractivity contribution in [2.75, 3.05) is 17.3 Å². The first-order valence-electron chi connectivity index (χ1n) is 6.94. The molecule has 21 heavy (non-hydrogen) atoms. The molecule has 1 aromatic carbocycles. The largest absolute Gasteiger partial charge is 0.379 e. The number of nitrogens with one attached hydrogen (secondary N) is 1. The second-order valence-corrected chi connectivity index (χ2v) is 6.01. The Balaban J connectivity index is 2.13. The van der Waals surface area contributed by atoms with E-state index < -0.39 is 0 Å². The van der Waals surface area contributed by atoms with E-state index in [4.69, 9.17) is 0 Å². The molecule has 4 heteroatoms. The maximum absolute atomic E-state index is 12.4. The number of carbonyl (C=O) groups excluding carboxylic acids is 1. The van der Waals surface area contributed by atoms with E-state index in [0.717, 1.165) is 11.4 Å². The van der Waals surface area contributed by atoms with Crippen molar-refractivity contribution in [3.05, 3.63) is 54.4 Å². The predicted molar refractivity (Wildman–Crippen MR) is 86.8 cm³/mol. The van der Waals surface area contributed by atoms with Gasteiger partial charge in [0.1, 0.15) is 5.69 Å². The molecule has 0 aliphatic rings. The number of hydrogen-bond donors (Lipinski definition) is 1. The lowest BCUT2D eigenvalue weighted by Crippen LogP contribution is -2.28. The summed E-state index contributed by atoms with van der Waals surface area (Å²) in [6.07, 6.45) is 1.69. The molecule has 4 nitrogen and oxygen atoms in total. The molecule has 0 spiro atoms. The molecule has 0 bridgehead atoms. The fourth-order valence-corrected chi connectivity index (χ4v) is 1.97. The van der Waals surface area contributed by atoms with Gasteiger partial charge in [0.15, 0.2) is 0 Å². The minimum absolute atomic E-state index is 0.0337. The Labute approximate surface area is 125 Å². The lowest BCUT2D eigenvalue weighted by atomic mass is 10.1. The van der Waals surface area contributed by atoms with Gasteiger partial charge in [0.05, 0.1) is 11.9 Å². The van der Waals surface area contributed by atoms with E-state index >= 15 is 0 Å². The first-order valence-corrected chi connectivity index (χ1v) is 6.94. The average molecular weight is 283 g/mol. The Morgan fingerprint density at radius 1 is 1.10 bits per heavy atom. The van der Waals surface area contributed by atoms with Crippen LogP contribution in [0.25, 0.3) is 0 Å². The lowest BCUT2D eigenvalue weighted by Gasteiger charge is -2.22. The van der Waals surface area contributed by atoms with Crippen LogP contribution in [0, 0.1) is 0 Å². The van der Waals surface area contributed by atoms with Crippen molar-refractivity contribution in [2.45, 2.75) is 26.3 Å². The highest BCUT2D eigenvalue weighted by molar-refractivity contribution is 6.04. The number of carbonyl (C=O) groups is 1. The highest BCUT2D eigenvalue weighted by atomic mass is 16.2. The number of anilines is 2. The molecule has 1 amide bonds. The van der Waals surface area contributed by atoms with Gasteiger partial charge in [0.2, 0.25) is 0 Å². The molecule has 2 rings (SSSR count). The second-order valence-electron chi connectivity index (χ2n) is 6.01. The summed E-state index contributed by atoms with van der Waals surface area (Å²) in [6.45, 7) is 6.24. The third kappa shape index (κ3) is 4.05. The van der Waals surface area contributed by atoms with Crippen LogP contribution in [-0.2, 0) is 0 Å². The quantitative estimate of drug-likeness (QED) is 0.936. The van der Waals surface area contributed by atoms with Crippen molar-refractivity contribution in [1.82, 2.24) is 4.98 Å². The Kier molecular flexibility index (Phi) is 4.26. The molecule has 1 aromatic heterocycles. The molecule has 0 atom stereocenters. The van der Waals surface area contributed by atoms with E-state index in [1.807, 2.05) is 36.4 Å². The predicted octanol–water partition coefficient (Wildman–Crippen LogP) is 3.57. The summed E-state index contributed by atoms with van der Waals surface area (Å²) < 4.78 is 0. The van der Waals surface area contributed by atoms with E-state index in [0.29, 0.717) is 5.69 Å². The van der Waals surface area contributed by atoms with Gasteiger partial charge in [-0.2, -0.15) is 0 Å². The number of para-hydroxylation sites is 1. The van der Waals surface area contributed by atoms with E-state index in [1.165, 1.54) is 0 Å². The first kappa shape index (κ1) is 15.0. The van der Waals surface area contributed by atoms with Crippen LogP contribution in [0.15, 0.2) is 48.7 Å². The molecule has 0 unspecified atom stereocenters. The molecular formula is C17H21N3O. The number of benzene rings is 1. The summed E-state index contributed by atoms with van der Waals surface area (Å²) in [5, 5.41) is 3.32. The van der Waals surface area contributed by atoms with Gasteiger partial charge in [-0.25, -0.2) is 4.98 Å². The summed E-state index contributed by atoms with van der Waals surface area (Å²) in [5.41, 5.74) is 2.15. The number of pyridine rings is 1. The summed E-state index contributed by atoms with van der Waals surface area (Å²) in [7, 11) is 1.75. The van der Waals surface area contributed by atoms with Crippen molar-refractivity contribution in [3.8, 4) is 0 Å². The van der Waals surface area contributed by atoms with Gasteiger partial charge in [0.25, 0.3) is 5.91 Å². The molecule has 0 saturated carbocycles. The molecule has 0 aliphatic heterocycles. The van der Waals surface area contributed by atoms with Crippen molar-refractivity contribution in [2.24, 2.45) is 0 Å². The van der Waals surface area contributed by atoms with E-state index in [9.17, 15) is 4.79 Å². The van der Waals surface area contributed by atoms with Crippen LogP contribution in [0.5, 0.6) is 0 Å². The normalized spacial score (nSPS) is 11.0. The summed E-state index contributed by atoms with van der Waals surface area (Å²) in [4.78, 5) is 18.2. The van der Waals surface area contributed by atoms with E-state index in [-0.39, 0.29) is 11.4 Å². The number of hydrogen-bond acceptors (Lipinski definition) is 3. The minimum atomic E-state index is -0.122. The smallest absolute Gasteiger partial charge is 0.276 e. The maximum Gasteiger partial charge on any atom is 0.276 e. The SMILES string of the molecule is CN(C(=O)c1ccc(NC(C)(C)C)cn1)c1ccccc1. The molecule has 0 saturated heterocycles. The zero-order valence-electron chi connectivity index (χ0n) is 12.9. The fourth-order valence-electron chi connectivity index (χ4n) is 1.97. The Hall–Kier alpha value is -2.36. The van der Waals surface area contributed by atoms with Crippen LogP contribution < -0.4 is 10.2 Å². The van der Waals surface area contributed by atoms with Gasteiger partial charge < -0.3 is 10.2 Å². The van der Waals surface area contributed by atoms with Crippen LogP contribution in [-0.4, -0.2) is 23.5 Å². The van der Waals surface area contributed by atoms with Gasteiger partial charge in [-0.1, -0.05) is 18.2 Å². The van der Waals surface area contributed by atoms with Crippen molar-refractivity contribution in [1.29, 1.82) is 0 Å². The van der Waals surface area contributed by atoms with Gasteiger partial charge in [-0.05, 0) is 45.0 Å². The maximum atomic E-state index is 12.4. The lowest BCUT2D eigenvalue weighted by molar-refractivity contribution is 0.0988. The molecule has 0 fully saturated rings. The number of amides is 1. The van der Waals surface area contributed by atoms with Crippen molar-refractivity contribution >= 4 is 17.3 Å². The molecule has 0 radical (unpaired) electrons. The second kappa shape index (κ2) is 5.95. The number of nitrogens with zero attached hydrogens (tertiary/aromatic N) is 2. The van der Waals surface area contributed by atoms with Crippen LogP contribution in [0.1, 0.15) is 31.3 Å². The monoisotopic (exact) mass is 283 g/mol. The summed E-state index contributed by atoms with van der Waals surface area (Å²) in [6, 6.07) is 13.2. The zero-order chi connectivity index (χ0) is 15.5.